The van der Waals surface area contributed by atoms with Gasteiger partial charge in [0.1, 0.15) is 10.6 Å². The number of nitrogens with zero attached hydrogens (tertiary/aromatic N) is 1. The number of carbonyl (C=O) groups excluding carboxylic acids is 1. The summed E-state index contributed by atoms with van der Waals surface area (Å²) in [5.74, 6) is -0.269. The first kappa shape index (κ1) is 18.4. The van der Waals surface area contributed by atoms with Crippen LogP contribution in [-0.2, 0) is 5.41 Å². The molecule has 0 fully saturated rings. The zero-order chi connectivity index (χ0) is 18.9. The molecule has 0 unspecified atom stereocenters. The van der Waals surface area contributed by atoms with Gasteiger partial charge in [0.15, 0.2) is 0 Å². The van der Waals surface area contributed by atoms with Crippen molar-refractivity contribution in [2.45, 2.75) is 26.2 Å². The van der Waals surface area contributed by atoms with Crippen LogP contribution >= 0.6 is 22.9 Å². The summed E-state index contributed by atoms with van der Waals surface area (Å²) in [6, 6.07) is 12.9. The minimum atomic E-state index is -0.376. The fraction of sp³-hybridized carbons (Fsp3) is 0.200. The van der Waals surface area contributed by atoms with E-state index in [4.69, 9.17) is 11.6 Å². The van der Waals surface area contributed by atoms with Gasteiger partial charge < -0.3 is 5.11 Å². The van der Waals surface area contributed by atoms with E-state index in [0.29, 0.717) is 15.5 Å². The van der Waals surface area contributed by atoms with E-state index in [0.717, 1.165) is 15.6 Å². The molecule has 1 amide bonds. The first-order chi connectivity index (χ1) is 12.3. The fourth-order valence-electron chi connectivity index (χ4n) is 2.50. The Labute approximate surface area is 161 Å². The van der Waals surface area contributed by atoms with Crippen LogP contribution in [0.3, 0.4) is 0 Å². The summed E-state index contributed by atoms with van der Waals surface area (Å²) < 4.78 is 0.946. The van der Waals surface area contributed by atoms with Crippen molar-refractivity contribution in [3.05, 3.63) is 63.5 Å². The Hall–Kier alpha value is -2.37. The first-order valence-corrected chi connectivity index (χ1v) is 9.31. The maximum absolute atomic E-state index is 12.4. The van der Waals surface area contributed by atoms with Crippen LogP contribution in [0.15, 0.2) is 47.6 Å². The van der Waals surface area contributed by atoms with Crippen molar-refractivity contribution in [1.82, 2.24) is 5.43 Å². The molecule has 3 aromatic rings. The maximum atomic E-state index is 12.4. The van der Waals surface area contributed by atoms with Crippen molar-refractivity contribution >= 4 is 45.1 Å². The number of hydrazone groups is 1. The van der Waals surface area contributed by atoms with Crippen molar-refractivity contribution in [3.8, 4) is 5.75 Å². The predicted molar refractivity (Wildman–Crippen MR) is 109 cm³/mol. The van der Waals surface area contributed by atoms with Crippen molar-refractivity contribution in [3.63, 3.8) is 0 Å². The Balaban J connectivity index is 1.80. The maximum Gasteiger partial charge on any atom is 0.283 e. The van der Waals surface area contributed by atoms with Crippen molar-refractivity contribution < 1.29 is 9.90 Å². The molecule has 0 spiro atoms. The second-order valence-electron chi connectivity index (χ2n) is 6.96. The molecule has 0 aliphatic carbocycles. The minimum Gasteiger partial charge on any atom is -0.507 e. The van der Waals surface area contributed by atoms with E-state index in [1.165, 1.54) is 17.6 Å². The number of phenolic OH excluding ortho intramolecular Hbond substituents is 1. The molecule has 1 heterocycles. The van der Waals surface area contributed by atoms with Gasteiger partial charge in [0.05, 0.1) is 11.2 Å². The zero-order valence-electron chi connectivity index (χ0n) is 14.7. The van der Waals surface area contributed by atoms with Gasteiger partial charge in [-0.3, -0.25) is 4.79 Å². The largest absolute Gasteiger partial charge is 0.507 e. The molecule has 0 aliphatic heterocycles. The van der Waals surface area contributed by atoms with Crippen molar-refractivity contribution in [2.24, 2.45) is 5.10 Å². The Kier molecular flexibility index (Phi) is 5.03. The molecule has 2 aromatic carbocycles. The number of carbonyl (C=O) groups is 1. The molecule has 0 bridgehead atoms. The monoisotopic (exact) mass is 386 g/mol. The molecule has 0 radical (unpaired) electrons. The molecular weight excluding hydrogens is 368 g/mol. The quantitative estimate of drug-likeness (QED) is 0.472. The highest BCUT2D eigenvalue weighted by molar-refractivity contribution is 7.21. The highest BCUT2D eigenvalue weighted by atomic mass is 35.5. The minimum absolute atomic E-state index is 0.0514. The first-order valence-electron chi connectivity index (χ1n) is 8.11. The summed E-state index contributed by atoms with van der Waals surface area (Å²) in [7, 11) is 0. The third-order valence-electron chi connectivity index (χ3n) is 4.00. The smallest absolute Gasteiger partial charge is 0.283 e. The molecule has 0 saturated heterocycles. The van der Waals surface area contributed by atoms with Gasteiger partial charge in [0.25, 0.3) is 5.91 Å². The van der Waals surface area contributed by atoms with Crippen LogP contribution in [0.1, 0.15) is 41.6 Å². The number of rotatable bonds is 3. The van der Waals surface area contributed by atoms with Gasteiger partial charge in [-0.2, -0.15) is 5.10 Å². The van der Waals surface area contributed by atoms with Crippen LogP contribution in [0.2, 0.25) is 5.02 Å². The lowest BCUT2D eigenvalue weighted by molar-refractivity contribution is 0.0959. The second kappa shape index (κ2) is 7.09. The van der Waals surface area contributed by atoms with Crippen LogP contribution in [-0.4, -0.2) is 17.2 Å². The topological polar surface area (TPSA) is 61.7 Å². The van der Waals surface area contributed by atoms with Crippen molar-refractivity contribution in [2.75, 3.05) is 0 Å². The standard InChI is InChI=1S/C20H19ClN2O2S/c1-20(2,3)13-8-9-15(24)12(10-13)11-22-23-19(25)18-17(21)14-6-4-5-7-16(14)26-18/h4-11,24H,1-3H3,(H,23,25). The summed E-state index contributed by atoms with van der Waals surface area (Å²) in [6.45, 7) is 6.27. The SMILES string of the molecule is CC(C)(C)c1ccc(O)c(C=NNC(=O)c2sc3ccccc3c2Cl)c1. The predicted octanol–water partition coefficient (Wildman–Crippen LogP) is 5.32. The molecule has 26 heavy (non-hydrogen) atoms. The molecule has 1 aromatic heterocycles. The number of benzene rings is 2. The molecule has 6 heteroatoms. The van der Waals surface area contributed by atoms with Crippen LogP contribution in [0.25, 0.3) is 10.1 Å². The van der Waals surface area contributed by atoms with E-state index in [-0.39, 0.29) is 17.1 Å². The normalized spacial score (nSPS) is 12.0. The van der Waals surface area contributed by atoms with E-state index in [9.17, 15) is 9.90 Å². The number of hydrogen-bond donors (Lipinski definition) is 2. The van der Waals surface area contributed by atoms with Crippen LogP contribution in [0.4, 0.5) is 0 Å². The summed E-state index contributed by atoms with van der Waals surface area (Å²) in [4.78, 5) is 12.8. The number of halogens is 1. The third-order valence-corrected chi connectivity index (χ3v) is 5.68. The number of aromatic hydroxyl groups is 1. The Morgan fingerprint density at radius 1 is 1.23 bits per heavy atom. The summed E-state index contributed by atoms with van der Waals surface area (Å²) in [5.41, 5.74) is 4.04. The number of phenols is 1. The molecule has 3 rings (SSSR count). The second-order valence-corrected chi connectivity index (χ2v) is 8.39. The van der Waals surface area contributed by atoms with E-state index in [1.807, 2.05) is 36.4 Å². The van der Waals surface area contributed by atoms with E-state index < -0.39 is 0 Å². The summed E-state index contributed by atoms with van der Waals surface area (Å²) in [6.07, 6.45) is 1.43. The van der Waals surface area contributed by atoms with E-state index in [1.54, 1.807) is 6.07 Å². The molecule has 0 saturated carbocycles. The Morgan fingerprint density at radius 3 is 2.65 bits per heavy atom. The number of fused-ring (bicyclic) bond motifs is 1. The lowest BCUT2D eigenvalue weighted by Gasteiger charge is -2.19. The lowest BCUT2D eigenvalue weighted by atomic mass is 9.86. The molecule has 2 N–H and O–H groups in total. The van der Waals surface area contributed by atoms with E-state index in [2.05, 4.69) is 31.3 Å². The molecule has 4 nitrogen and oxygen atoms in total. The number of amides is 1. The fourth-order valence-corrected chi connectivity index (χ4v) is 3.90. The third kappa shape index (κ3) is 3.74. The van der Waals surface area contributed by atoms with Gasteiger partial charge in [0.2, 0.25) is 0 Å². The number of hydrogen-bond acceptors (Lipinski definition) is 4. The highest BCUT2D eigenvalue weighted by Crippen LogP contribution is 2.35. The Morgan fingerprint density at radius 2 is 1.96 bits per heavy atom. The van der Waals surface area contributed by atoms with E-state index >= 15 is 0 Å². The highest BCUT2D eigenvalue weighted by Gasteiger charge is 2.17. The van der Waals surface area contributed by atoms with Crippen LogP contribution in [0.5, 0.6) is 5.75 Å². The van der Waals surface area contributed by atoms with Gasteiger partial charge in [-0.1, -0.05) is 56.6 Å². The van der Waals surface area contributed by atoms with Crippen LogP contribution in [0, 0.1) is 0 Å². The average molecular weight is 387 g/mol. The number of thiophene rings is 1. The number of nitrogens with one attached hydrogen (secondary N) is 1. The van der Waals surface area contributed by atoms with Gasteiger partial charge in [0, 0.05) is 15.6 Å². The molecular formula is C20H19ClN2O2S. The molecule has 0 aliphatic rings. The molecule has 0 atom stereocenters. The summed E-state index contributed by atoms with van der Waals surface area (Å²) >= 11 is 7.62. The van der Waals surface area contributed by atoms with Crippen molar-refractivity contribution in [1.29, 1.82) is 0 Å². The zero-order valence-corrected chi connectivity index (χ0v) is 16.3. The Bertz CT molecular complexity index is 1000. The average Bonchev–Trinajstić information content (AvgIpc) is 2.93. The van der Waals surface area contributed by atoms with Gasteiger partial charge >= 0.3 is 0 Å². The van der Waals surface area contributed by atoms with Crippen LogP contribution < -0.4 is 5.43 Å². The lowest BCUT2D eigenvalue weighted by Crippen LogP contribution is -2.16. The van der Waals surface area contributed by atoms with Gasteiger partial charge in [-0.05, 0) is 29.2 Å². The molecule has 134 valence electrons. The van der Waals surface area contributed by atoms with Gasteiger partial charge in [-0.15, -0.1) is 11.3 Å². The van der Waals surface area contributed by atoms with Gasteiger partial charge in [-0.25, -0.2) is 5.43 Å². The summed E-state index contributed by atoms with van der Waals surface area (Å²) in [5, 5.41) is 15.3.